The molecule has 25 heavy (non-hydrogen) atoms. The van der Waals surface area contributed by atoms with Crippen LogP contribution in [0.5, 0.6) is 0 Å². The highest BCUT2D eigenvalue weighted by atomic mass is 16.2. The van der Waals surface area contributed by atoms with E-state index in [0.29, 0.717) is 0 Å². The average molecular weight is 334 g/mol. The minimum Gasteiger partial charge on any atom is -0.287 e. The third-order valence-corrected chi connectivity index (χ3v) is 5.33. The average Bonchev–Trinajstić information content (AvgIpc) is 2.91. The molecule has 0 spiro atoms. The second-order valence-corrected chi connectivity index (χ2v) is 7.07. The van der Waals surface area contributed by atoms with Gasteiger partial charge in [-0.25, -0.2) is 4.90 Å². The minimum absolute atomic E-state index is 0.0851. The number of imide groups is 1. The van der Waals surface area contributed by atoms with Crippen molar-refractivity contribution in [3.05, 3.63) is 64.7 Å². The van der Waals surface area contributed by atoms with Gasteiger partial charge < -0.3 is 0 Å². The van der Waals surface area contributed by atoms with Gasteiger partial charge in [0.2, 0.25) is 5.91 Å². The molecular weight excluding hydrogens is 312 g/mol. The number of benzene rings is 2. The van der Waals surface area contributed by atoms with E-state index in [-0.39, 0.29) is 24.3 Å². The number of hydrogen-bond acceptors (Lipinski definition) is 3. The van der Waals surface area contributed by atoms with Crippen LogP contribution in [0.3, 0.4) is 0 Å². The molecular formula is C21H22N2O2. The number of amides is 2. The van der Waals surface area contributed by atoms with Gasteiger partial charge in [-0.15, -0.1) is 0 Å². The Bertz CT molecular complexity index is 859. The van der Waals surface area contributed by atoms with E-state index < -0.39 is 0 Å². The van der Waals surface area contributed by atoms with Crippen molar-refractivity contribution >= 4 is 17.5 Å². The third-order valence-electron chi connectivity index (χ3n) is 5.33. The van der Waals surface area contributed by atoms with E-state index in [1.165, 1.54) is 16.0 Å². The van der Waals surface area contributed by atoms with E-state index in [0.717, 1.165) is 36.3 Å². The maximum atomic E-state index is 13.1. The number of fused-ring (bicyclic) bond motifs is 1. The standard InChI is InChI=1S/C21H22N2O2/c1-14-7-8-15(2)18(11-14)23-20(24)12-19(21(23)25)22-10-9-16-5-3-4-6-17(16)13-22/h3-8,11,19H,9-10,12-13H2,1-2H3/t19-/m1/s1. The largest absolute Gasteiger partial charge is 0.287 e. The second kappa shape index (κ2) is 6.12. The SMILES string of the molecule is Cc1ccc(C)c(N2C(=O)C[C@@H](N3CCc4ccccc4C3)C2=O)c1. The molecule has 2 aliphatic rings. The van der Waals surface area contributed by atoms with Crippen LogP contribution in [0.15, 0.2) is 42.5 Å². The van der Waals surface area contributed by atoms with Gasteiger partial charge in [-0.05, 0) is 48.6 Å². The fraction of sp³-hybridized carbons (Fsp3) is 0.333. The number of carbonyl (C=O) groups is 2. The zero-order valence-corrected chi connectivity index (χ0v) is 14.7. The molecule has 2 amide bonds. The Labute approximate surface area is 148 Å². The smallest absolute Gasteiger partial charge is 0.251 e. The number of anilines is 1. The minimum atomic E-state index is -0.347. The molecule has 1 fully saturated rings. The first kappa shape index (κ1) is 16.0. The topological polar surface area (TPSA) is 40.6 Å². The van der Waals surface area contributed by atoms with Crippen molar-refractivity contribution in [2.45, 2.75) is 39.3 Å². The first-order chi connectivity index (χ1) is 12.0. The molecule has 1 saturated heterocycles. The monoisotopic (exact) mass is 334 g/mol. The summed E-state index contributed by atoms with van der Waals surface area (Å²) in [5, 5.41) is 0. The van der Waals surface area contributed by atoms with Crippen molar-refractivity contribution in [2.75, 3.05) is 11.4 Å². The lowest BCUT2D eigenvalue weighted by Gasteiger charge is -2.32. The molecule has 0 saturated carbocycles. The molecule has 128 valence electrons. The van der Waals surface area contributed by atoms with Crippen LogP contribution in [0.2, 0.25) is 0 Å². The third kappa shape index (κ3) is 2.76. The van der Waals surface area contributed by atoms with Gasteiger partial charge in [0.25, 0.3) is 5.91 Å². The molecule has 0 bridgehead atoms. The summed E-state index contributed by atoms with van der Waals surface area (Å²) >= 11 is 0. The van der Waals surface area contributed by atoms with Crippen LogP contribution in [0, 0.1) is 13.8 Å². The normalized spacial score (nSPS) is 20.9. The summed E-state index contributed by atoms with van der Waals surface area (Å²) in [6.45, 7) is 5.48. The molecule has 4 heteroatoms. The van der Waals surface area contributed by atoms with Crippen LogP contribution in [-0.4, -0.2) is 29.3 Å². The zero-order valence-electron chi connectivity index (χ0n) is 14.7. The fourth-order valence-electron chi connectivity index (χ4n) is 3.90. The molecule has 0 aromatic heterocycles. The summed E-state index contributed by atoms with van der Waals surface area (Å²) in [5.74, 6) is -0.180. The Kier molecular flexibility index (Phi) is 3.92. The number of aryl methyl sites for hydroxylation is 2. The molecule has 4 nitrogen and oxygen atoms in total. The molecule has 4 rings (SSSR count). The van der Waals surface area contributed by atoms with Crippen LogP contribution in [0.25, 0.3) is 0 Å². The van der Waals surface area contributed by atoms with Crippen LogP contribution in [0.1, 0.15) is 28.7 Å². The van der Waals surface area contributed by atoms with Crippen molar-refractivity contribution < 1.29 is 9.59 Å². The molecule has 2 aromatic rings. The lowest BCUT2D eigenvalue weighted by atomic mass is 9.98. The highest BCUT2D eigenvalue weighted by molar-refractivity contribution is 6.22. The van der Waals surface area contributed by atoms with E-state index in [1.807, 2.05) is 38.1 Å². The van der Waals surface area contributed by atoms with Gasteiger partial charge in [0.15, 0.2) is 0 Å². The summed E-state index contributed by atoms with van der Waals surface area (Å²) < 4.78 is 0. The molecule has 0 radical (unpaired) electrons. The molecule has 0 unspecified atom stereocenters. The highest BCUT2D eigenvalue weighted by Gasteiger charge is 2.43. The summed E-state index contributed by atoms with van der Waals surface area (Å²) in [7, 11) is 0. The molecule has 0 N–H and O–H groups in total. The van der Waals surface area contributed by atoms with E-state index in [9.17, 15) is 9.59 Å². The molecule has 2 aromatic carbocycles. The van der Waals surface area contributed by atoms with Gasteiger partial charge in [0.05, 0.1) is 18.2 Å². The van der Waals surface area contributed by atoms with E-state index in [1.54, 1.807) is 0 Å². The first-order valence-electron chi connectivity index (χ1n) is 8.79. The van der Waals surface area contributed by atoms with Crippen LogP contribution >= 0.6 is 0 Å². The summed E-state index contributed by atoms with van der Waals surface area (Å²) in [4.78, 5) is 29.2. The Balaban J connectivity index is 1.61. The van der Waals surface area contributed by atoms with Gasteiger partial charge in [0, 0.05) is 13.1 Å². The van der Waals surface area contributed by atoms with Crippen molar-refractivity contribution in [1.82, 2.24) is 4.90 Å². The summed E-state index contributed by atoms with van der Waals surface area (Å²) in [6.07, 6.45) is 1.20. The first-order valence-corrected chi connectivity index (χ1v) is 8.79. The molecule has 2 aliphatic heterocycles. The van der Waals surface area contributed by atoms with Crippen LogP contribution in [-0.2, 0) is 22.6 Å². The van der Waals surface area contributed by atoms with Crippen LogP contribution < -0.4 is 4.90 Å². The maximum absolute atomic E-state index is 13.1. The fourth-order valence-corrected chi connectivity index (χ4v) is 3.90. The second-order valence-electron chi connectivity index (χ2n) is 7.07. The zero-order chi connectivity index (χ0) is 17.6. The Morgan fingerprint density at radius 3 is 2.56 bits per heavy atom. The maximum Gasteiger partial charge on any atom is 0.251 e. The molecule has 2 heterocycles. The predicted molar refractivity (Wildman–Crippen MR) is 97.4 cm³/mol. The lowest BCUT2D eigenvalue weighted by Crippen LogP contribution is -2.44. The Hall–Kier alpha value is -2.46. The number of nitrogens with zero attached hydrogens (tertiary/aromatic N) is 2. The van der Waals surface area contributed by atoms with Crippen molar-refractivity contribution in [3.8, 4) is 0 Å². The Morgan fingerprint density at radius 2 is 1.76 bits per heavy atom. The van der Waals surface area contributed by atoms with Gasteiger partial charge in [-0.2, -0.15) is 0 Å². The number of carbonyl (C=O) groups excluding carboxylic acids is 2. The lowest BCUT2D eigenvalue weighted by molar-refractivity contribution is -0.123. The van der Waals surface area contributed by atoms with E-state index >= 15 is 0 Å². The van der Waals surface area contributed by atoms with Gasteiger partial charge in [0.1, 0.15) is 0 Å². The van der Waals surface area contributed by atoms with Gasteiger partial charge in [-0.1, -0.05) is 36.4 Å². The highest BCUT2D eigenvalue weighted by Crippen LogP contribution is 2.31. The van der Waals surface area contributed by atoms with Crippen molar-refractivity contribution in [3.63, 3.8) is 0 Å². The quantitative estimate of drug-likeness (QED) is 0.793. The number of rotatable bonds is 2. The summed E-state index contributed by atoms with van der Waals surface area (Å²) in [5.41, 5.74) is 5.35. The summed E-state index contributed by atoms with van der Waals surface area (Å²) in [6, 6.07) is 13.9. The molecule has 0 aliphatic carbocycles. The Morgan fingerprint density at radius 1 is 1.00 bits per heavy atom. The molecule has 1 atom stereocenters. The van der Waals surface area contributed by atoms with E-state index in [4.69, 9.17) is 0 Å². The van der Waals surface area contributed by atoms with Gasteiger partial charge in [-0.3, -0.25) is 14.5 Å². The van der Waals surface area contributed by atoms with Crippen molar-refractivity contribution in [2.24, 2.45) is 0 Å². The number of hydrogen-bond donors (Lipinski definition) is 0. The van der Waals surface area contributed by atoms with Crippen molar-refractivity contribution in [1.29, 1.82) is 0 Å². The predicted octanol–water partition coefficient (Wildman–Crippen LogP) is 2.99. The van der Waals surface area contributed by atoms with Crippen LogP contribution in [0.4, 0.5) is 5.69 Å². The van der Waals surface area contributed by atoms with E-state index in [2.05, 4.69) is 23.1 Å². The van der Waals surface area contributed by atoms with Gasteiger partial charge >= 0.3 is 0 Å².